The van der Waals surface area contributed by atoms with Gasteiger partial charge in [-0.05, 0) is 61.0 Å². The fourth-order valence-electron chi connectivity index (χ4n) is 3.11. The minimum absolute atomic E-state index is 0.0841. The molecule has 3 aromatic carbocycles. The van der Waals surface area contributed by atoms with Gasteiger partial charge in [0.15, 0.2) is 6.61 Å². The molecular weight excluding hydrogens is 456 g/mol. The van der Waals surface area contributed by atoms with Crippen molar-refractivity contribution in [2.24, 2.45) is 0 Å². The van der Waals surface area contributed by atoms with Gasteiger partial charge < -0.3 is 14.8 Å². The lowest BCUT2D eigenvalue weighted by atomic mass is 10.1. The highest BCUT2D eigenvalue weighted by Crippen LogP contribution is 2.25. The Morgan fingerprint density at radius 2 is 1.65 bits per heavy atom. The monoisotopic (exact) mass is 482 g/mol. The number of sulfonamides is 1. The van der Waals surface area contributed by atoms with E-state index < -0.39 is 16.0 Å². The number of ether oxygens (including phenoxy) is 2. The first-order valence-corrected chi connectivity index (χ1v) is 11.9. The third-order valence-electron chi connectivity index (χ3n) is 4.87. The van der Waals surface area contributed by atoms with E-state index in [2.05, 4.69) is 5.32 Å². The van der Waals surface area contributed by atoms with Crippen LogP contribution in [-0.2, 0) is 31.0 Å². The second-order valence-corrected chi connectivity index (χ2v) is 9.58. The summed E-state index contributed by atoms with van der Waals surface area (Å²) in [6.07, 6.45) is 0. The third-order valence-corrected chi connectivity index (χ3v) is 6.67. The molecule has 178 valence electrons. The molecule has 1 N–H and O–H groups in total. The minimum atomic E-state index is -3.81. The van der Waals surface area contributed by atoms with E-state index in [9.17, 15) is 18.0 Å². The number of benzene rings is 3. The Bertz CT molecular complexity index is 1260. The van der Waals surface area contributed by atoms with Crippen molar-refractivity contribution in [3.8, 4) is 5.75 Å². The second kappa shape index (κ2) is 10.8. The summed E-state index contributed by atoms with van der Waals surface area (Å²) in [6, 6.07) is 19.9. The summed E-state index contributed by atoms with van der Waals surface area (Å²) in [5.74, 6) is -0.343. The minimum Gasteiger partial charge on any atom is -0.482 e. The maximum Gasteiger partial charge on any atom is 0.344 e. The van der Waals surface area contributed by atoms with E-state index in [1.165, 1.54) is 38.2 Å². The number of esters is 1. The maximum atomic E-state index is 12.9. The molecule has 0 aliphatic rings. The molecule has 0 aliphatic carbocycles. The average molecular weight is 483 g/mol. The van der Waals surface area contributed by atoms with Crippen LogP contribution in [0.4, 0.5) is 11.4 Å². The lowest BCUT2D eigenvalue weighted by Gasteiger charge is -2.20. The fraction of sp³-hybridized carbons (Fsp3) is 0.200. The Hall–Kier alpha value is -3.85. The average Bonchev–Trinajstić information content (AvgIpc) is 2.81. The molecule has 9 heteroatoms. The molecule has 0 bridgehead atoms. The van der Waals surface area contributed by atoms with E-state index in [0.29, 0.717) is 17.1 Å². The molecule has 8 nitrogen and oxygen atoms in total. The fourth-order valence-corrected chi connectivity index (χ4v) is 4.31. The van der Waals surface area contributed by atoms with E-state index in [1.807, 2.05) is 31.2 Å². The lowest BCUT2D eigenvalue weighted by Crippen LogP contribution is -2.26. The zero-order valence-corrected chi connectivity index (χ0v) is 20.0. The summed E-state index contributed by atoms with van der Waals surface area (Å²) < 4.78 is 37.7. The number of anilines is 2. The van der Waals surface area contributed by atoms with Crippen LogP contribution in [0.1, 0.15) is 18.1 Å². The van der Waals surface area contributed by atoms with Crippen molar-refractivity contribution in [1.29, 1.82) is 0 Å². The second-order valence-electron chi connectivity index (χ2n) is 7.61. The van der Waals surface area contributed by atoms with Gasteiger partial charge in [-0.3, -0.25) is 9.10 Å². The molecule has 0 atom stereocenters. The molecule has 3 rings (SSSR count). The number of rotatable bonds is 9. The largest absolute Gasteiger partial charge is 0.482 e. The van der Waals surface area contributed by atoms with Crippen molar-refractivity contribution in [3.05, 3.63) is 83.9 Å². The summed E-state index contributed by atoms with van der Waals surface area (Å²) in [5, 5.41) is 2.59. The quantitative estimate of drug-likeness (QED) is 0.464. The molecule has 0 aliphatic heterocycles. The zero-order valence-electron chi connectivity index (χ0n) is 19.1. The number of nitrogens with one attached hydrogen (secondary N) is 1. The Morgan fingerprint density at radius 3 is 2.26 bits per heavy atom. The first kappa shape index (κ1) is 24.8. The Labute approximate surface area is 199 Å². The SMILES string of the molecule is CC(=O)Nc1ccc(S(=O)(=O)N(C)c2ccc(OCC(=O)OCc3cccc(C)c3)cc2)cc1. The van der Waals surface area contributed by atoms with Crippen LogP contribution in [0, 0.1) is 6.92 Å². The number of aryl methyl sites for hydroxylation is 1. The van der Waals surface area contributed by atoms with Crippen LogP contribution in [-0.4, -0.2) is 33.9 Å². The van der Waals surface area contributed by atoms with Crippen molar-refractivity contribution >= 4 is 33.3 Å². The molecule has 0 spiro atoms. The topological polar surface area (TPSA) is 102 Å². The number of carbonyl (C=O) groups excluding carboxylic acids is 2. The van der Waals surface area contributed by atoms with Gasteiger partial charge in [0.25, 0.3) is 10.0 Å². The van der Waals surface area contributed by atoms with E-state index >= 15 is 0 Å². The molecule has 3 aromatic rings. The summed E-state index contributed by atoms with van der Waals surface area (Å²) in [4.78, 5) is 23.2. The van der Waals surface area contributed by atoms with E-state index in [1.54, 1.807) is 24.3 Å². The van der Waals surface area contributed by atoms with Crippen molar-refractivity contribution < 1.29 is 27.5 Å². The first-order valence-electron chi connectivity index (χ1n) is 10.5. The molecule has 0 unspecified atom stereocenters. The number of nitrogens with zero attached hydrogens (tertiary/aromatic N) is 1. The van der Waals surface area contributed by atoms with Gasteiger partial charge in [-0.25, -0.2) is 13.2 Å². The van der Waals surface area contributed by atoms with Crippen molar-refractivity contribution in [2.45, 2.75) is 25.3 Å². The summed E-state index contributed by atoms with van der Waals surface area (Å²) in [5.41, 5.74) is 2.90. The van der Waals surface area contributed by atoms with E-state index in [-0.39, 0.29) is 24.0 Å². The molecule has 0 fully saturated rings. The van der Waals surface area contributed by atoms with Crippen LogP contribution in [0.2, 0.25) is 0 Å². The Balaban J connectivity index is 1.56. The highest BCUT2D eigenvalue weighted by atomic mass is 32.2. The molecule has 0 saturated carbocycles. The van der Waals surface area contributed by atoms with Crippen LogP contribution in [0.15, 0.2) is 77.7 Å². The van der Waals surface area contributed by atoms with Gasteiger partial charge in [0.1, 0.15) is 12.4 Å². The van der Waals surface area contributed by atoms with Gasteiger partial charge in [0, 0.05) is 19.7 Å². The van der Waals surface area contributed by atoms with Gasteiger partial charge >= 0.3 is 5.97 Å². The third kappa shape index (κ3) is 6.58. The summed E-state index contributed by atoms with van der Waals surface area (Å²) >= 11 is 0. The first-order chi connectivity index (χ1) is 16.1. The molecule has 0 radical (unpaired) electrons. The van der Waals surface area contributed by atoms with Gasteiger partial charge in [-0.2, -0.15) is 0 Å². The normalized spacial score (nSPS) is 10.9. The Kier molecular flexibility index (Phi) is 7.91. The molecule has 0 heterocycles. The summed E-state index contributed by atoms with van der Waals surface area (Å²) in [6.45, 7) is 3.24. The zero-order chi connectivity index (χ0) is 24.7. The predicted molar refractivity (Wildman–Crippen MR) is 129 cm³/mol. The van der Waals surface area contributed by atoms with Crippen LogP contribution >= 0.6 is 0 Å². The van der Waals surface area contributed by atoms with Crippen LogP contribution in [0.5, 0.6) is 5.75 Å². The Morgan fingerprint density at radius 1 is 0.971 bits per heavy atom. The smallest absolute Gasteiger partial charge is 0.344 e. The standard InChI is InChI=1S/C25H26N2O6S/c1-18-5-4-6-20(15-18)16-33-25(29)17-32-23-11-9-22(10-12-23)27(3)34(30,31)24-13-7-21(8-14-24)26-19(2)28/h4-15H,16-17H2,1-3H3,(H,26,28). The molecule has 0 aromatic heterocycles. The molecule has 1 amide bonds. The number of carbonyl (C=O) groups is 2. The van der Waals surface area contributed by atoms with Crippen LogP contribution < -0.4 is 14.4 Å². The molecule has 0 saturated heterocycles. The van der Waals surface area contributed by atoms with Crippen molar-refractivity contribution in [2.75, 3.05) is 23.3 Å². The van der Waals surface area contributed by atoms with Gasteiger partial charge in [0.05, 0.1) is 10.6 Å². The summed E-state index contributed by atoms with van der Waals surface area (Å²) in [7, 11) is -2.37. The number of amides is 1. The number of hydrogen-bond donors (Lipinski definition) is 1. The van der Waals surface area contributed by atoms with Crippen molar-refractivity contribution in [3.63, 3.8) is 0 Å². The van der Waals surface area contributed by atoms with Gasteiger partial charge in [-0.1, -0.05) is 29.8 Å². The highest BCUT2D eigenvalue weighted by Gasteiger charge is 2.21. The molecular formula is C25H26N2O6S. The van der Waals surface area contributed by atoms with Crippen molar-refractivity contribution in [1.82, 2.24) is 0 Å². The lowest BCUT2D eigenvalue weighted by molar-refractivity contribution is -0.147. The van der Waals surface area contributed by atoms with Crippen LogP contribution in [0.3, 0.4) is 0 Å². The highest BCUT2D eigenvalue weighted by molar-refractivity contribution is 7.92. The van der Waals surface area contributed by atoms with Gasteiger partial charge in [0.2, 0.25) is 5.91 Å². The van der Waals surface area contributed by atoms with Crippen LogP contribution in [0.25, 0.3) is 0 Å². The number of hydrogen-bond acceptors (Lipinski definition) is 6. The van der Waals surface area contributed by atoms with E-state index in [0.717, 1.165) is 15.4 Å². The predicted octanol–water partition coefficient (Wildman–Crippen LogP) is 3.90. The maximum absolute atomic E-state index is 12.9. The van der Waals surface area contributed by atoms with E-state index in [4.69, 9.17) is 9.47 Å². The van der Waals surface area contributed by atoms with Gasteiger partial charge in [-0.15, -0.1) is 0 Å². The molecule has 34 heavy (non-hydrogen) atoms.